The molecule has 2 heterocycles. The first kappa shape index (κ1) is 12.4. The van der Waals surface area contributed by atoms with E-state index in [0.717, 1.165) is 11.8 Å². The highest BCUT2D eigenvalue weighted by Crippen LogP contribution is 2.13. The van der Waals surface area contributed by atoms with E-state index in [1.165, 1.54) is 0 Å². The fraction of sp³-hybridized carbons (Fsp3) is 0.182. The van der Waals surface area contributed by atoms with Crippen molar-refractivity contribution < 1.29 is 4.92 Å². The number of rotatable bonds is 3. The lowest BCUT2D eigenvalue weighted by Crippen LogP contribution is -2.32. The molecule has 94 valence electrons. The van der Waals surface area contributed by atoms with Gasteiger partial charge >= 0.3 is 0 Å². The van der Waals surface area contributed by atoms with Gasteiger partial charge in [0.1, 0.15) is 5.15 Å². The lowest BCUT2D eigenvalue weighted by Gasteiger charge is -2.25. The van der Waals surface area contributed by atoms with E-state index < -0.39 is 4.92 Å². The standard InChI is InChI=1S/C11H11ClN4O2/c12-10-3-2-9(6-14-10)7-15-5-1-4-13-11(15)8-16(17)18/h1-3,5-6,8,13H,4,7H2. The monoisotopic (exact) mass is 266 g/mol. The van der Waals surface area contributed by atoms with Crippen LogP contribution in [0.2, 0.25) is 5.15 Å². The maximum absolute atomic E-state index is 10.5. The molecule has 1 N–H and O–H groups in total. The summed E-state index contributed by atoms with van der Waals surface area (Å²) in [5.41, 5.74) is 0.919. The molecule has 0 radical (unpaired) electrons. The number of halogens is 1. The van der Waals surface area contributed by atoms with Crippen molar-refractivity contribution in [3.8, 4) is 0 Å². The minimum absolute atomic E-state index is 0.423. The third-order valence-corrected chi connectivity index (χ3v) is 2.59. The van der Waals surface area contributed by atoms with Gasteiger partial charge in [-0.2, -0.15) is 0 Å². The molecule has 0 amide bonds. The first-order valence-corrected chi connectivity index (χ1v) is 5.66. The number of hydrogen-bond donors (Lipinski definition) is 1. The summed E-state index contributed by atoms with van der Waals surface area (Å²) in [5.74, 6) is 0.456. The van der Waals surface area contributed by atoms with Crippen LogP contribution in [0, 0.1) is 10.1 Å². The Hall–Kier alpha value is -2.08. The fourth-order valence-electron chi connectivity index (χ4n) is 1.58. The van der Waals surface area contributed by atoms with Crippen LogP contribution in [0.1, 0.15) is 5.56 Å². The van der Waals surface area contributed by atoms with Gasteiger partial charge in [-0.05, 0) is 17.7 Å². The van der Waals surface area contributed by atoms with Crippen LogP contribution in [0.25, 0.3) is 0 Å². The molecule has 0 fully saturated rings. The zero-order valence-corrected chi connectivity index (χ0v) is 10.2. The zero-order valence-electron chi connectivity index (χ0n) is 9.41. The van der Waals surface area contributed by atoms with Crippen molar-refractivity contribution >= 4 is 11.6 Å². The van der Waals surface area contributed by atoms with E-state index in [2.05, 4.69) is 10.3 Å². The zero-order chi connectivity index (χ0) is 13.0. The Morgan fingerprint density at radius 1 is 1.61 bits per heavy atom. The van der Waals surface area contributed by atoms with Gasteiger partial charge in [0.05, 0.1) is 11.5 Å². The van der Waals surface area contributed by atoms with Crippen molar-refractivity contribution in [1.82, 2.24) is 15.2 Å². The molecule has 1 aromatic rings. The summed E-state index contributed by atoms with van der Waals surface area (Å²) in [6.07, 6.45) is 6.29. The summed E-state index contributed by atoms with van der Waals surface area (Å²) in [6.45, 7) is 1.07. The Bertz CT molecular complexity index is 498. The number of aromatic nitrogens is 1. The number of hydrogen-bond acceptors (Lipinski definition) is 5. The van der Waals surface area contributed by atoms with Gasteiger partial charge in [-0.3, -0.25) is 10.1 Å². The number of nitrogens with one attached hydrogen (secondary N) is 1. The molecule has 1 aromatic heterocycles. The molecule has 0 bridgehead atoms. The van der Waals surface area contributed by atoms with Crippen LogP contribution in [-0.2, 0) is 6.54 Å². The van der Waals surface area contributed by atoms with Gasteiger partial charge in [0.2, 0.25) is 0 Å². The van der Waals surface area contributed by atoms with Crippen molar-refractivity contribution in [2.24, 2.45) is 0 Å². The second-order valence-corrected chi connectivity index (χ2v) is 4.07. The molecular weight excluding hydrogens is 256 g/mol. The lowest BCUT2D eigenvalue weighted by molar-refractivity contribution is -0.404. The molecule has 0 aromatic carbocycles. The minimum atomic E-state index is -0.478. The summed E-state index contributed by atoms with van der Waals surface area (Å²) >= 11 is 5.70. The first-order valence-electron chi connectivity index (χ1n) is 5.28. The first-order chi connectivity index (χ1) is 8.65. The van der Waals surface area contributed by atoms with Gasteiger partial charge < -0.3 is 10.2 Å². The average molecular weight is 267 g/mol. The Morgan fingerprint density at radius 3 is 3.11 bits per heavy atom. The van der Waals surface area contributed by atoms with Crippen LogP contribution < -0.4 is 5.32 Å². The Kier molecular flexibility index (Phi) is 3.78. The van der Waals surface area contributed by atoms with Crippen LogP contribution in [0.4, 0.5) is 0 Å². The summed E-state index contributed by atoms with van der Waals surface area (Å²) < 4.78 is 0. The maximum atomic E-state index is 10.5. The molecule has 7 heteroatoms. The summed E-state index contributed by atoms with van der Waals surface area (Å²) in [7, 11) is 0. The van der Waals surface area contributed by atoms with Gasteiger partial charge in [-0.25, -0.2) is 4.98 Å². The van der Waals surface area contributed by atoms with E-state index in [1.807, 2.05) is 12.1 Å². The average Bonchev–Trinajstić information content (AvgIpc) is 2.34. The molecule has 0 aliphatic carbocycles. The van der Waals surface area contributed by atoms with E-state index in [9.17, 15) is 10.1 Å². The Balaban J connectivity index is 2.15. The normalized spacial score (nSPS) is 16.7. The molecule has 18 heavy (non-hydrogen) atoms. The van der Waals surface area contributed by atoms with Crippen molar-refractivity contribution in [2.75, 3.05) is 6.54 Å². The van der Waals surface area contributed by atoms with Crippen molar-refractivity contribution in [3.63, 3.8) is 0 Å². The van der Waals surface area contributed by atoms with Gasteiger partial charge in [0.15, 0.2) is 5.82 Å². The van der Waals surface area contributed by atoms with Crippen LogP contribution in [0.5, 0.6) is 0 Å². The van der Waals surface area contributed by atoms with Crippen LogP contribution in [-0.4, -0.2) is 21.4 Å². The maximum Gasteiger partial charge on any atom is 0.274 e. The van der Waals surface area contributed by atoms with Gasteiger partial charge in [-0.1, -0.05) is 17.7 Å². The highest BCUT2D eigenvalue weighted by molar-refractivity contribution is 6.29. The third-order valence-electron chi connectivity index (χ3n) is 2.37. The van der Waals surface area contributed by atoms with Crippen molar-refractivity contribution in [1.29, 1.82) is 0 Å². The molecular formula is C11H11ClN4O2. The molecule has 1 aliphatic heterocycles. The predicted octanol–water partition coefficient (Wildman–Crippen LogP) is 1.73. The molecule has 0 saturated heterocycles. The topological polar surface area (TPSA) is 71.3 Å². The number of nitro groups is 1. The van der Waals surface area contributed by atoms with Crippen LogP contribution >= 0.6 is 11.6 Å². The predicted molar refractivity (Wildman–Crippen MR) is 67.0 cm³/mol. The quantitative estimate of drug-likeness (QED) is 0.512. The van der Waals surface area contributed by atoms with E-state index in [0.29, 0.717) is 24.1 Å². The number of nitrogens with zero attached hydrogens (tertiary/aromatic N) is 3. The van der Waals surface area contributed by atoms with Crippen LogP contribution in [0.15, 0.2) is 42.6 Å². The number of pyridine rings is 1. The molecule has 1 aliphatic rings. The van der Waals surface area contributed by atoms with E-state index in [4.69, 9.17) is 11.6 Å². The molecule has 0 atom stereocenters. The summed E-state index contributed by atoms with van der Waals surface area (Å²) in [6, 6.07) is 3.52. The third kappa shape index (κ3) is 3.21. The van der Waals surface area contributed by atoms with Crippen molar-refractivity contribution in [2.45, 2.75) is 6.54 Å². The largest absolute Gasteiger partial charge is 0.363 e. The Labute approximate surface area is 109 Å². The SMILES string of the molecule is O=[N+]([O-])C=C1NCC=CN1Cc1ccc(Cl)nc1. The van der Waals surface area contributed by atoms with Crippen molar-refractivity contribution in [3.05, 3.63) is 63.5 Å². The summed E-state index contributed by atoms with van der Waals surface area (Å²) in [5, 5.41) is 13.9. The molecule has 0 saturated carbocycles. The van der Waals surface area contributed by atoms with E-state index in [-0.39, 0.29) is 0 Å². The second-order valence-electron chi connectivity index (χ2n) is 3.68. The van der Waals surface area contributed by atoms with Gasteiger partial charge in [-0.15, -0.1) is 0 Å². The Morgan fingerprint density at radius 2 is 2.44 bits per heavy atom. The van der Waals surface area contributed by atoms with Gasteiger partial charge in [0, 0.05) is 18.9 Å². The van der Waals surface area contributed by atoms with Crippen LogP contribution in [0.3, 0.4) is 0 Å². The smallest absolute Gasteiger partial charge is 0.274 e. The second kappa shape index (κ2) is 5.50. The molecule has 0 unspecified atom stereocenters. The highest BCUT2D eigenvalue weighted by Gasteiger charge is 2.14. The minimum Gasteiger partial charge on any atom is -0.363 e. The van der Waals surface area contributed by atoms with E-state index in [1.54, 1.807) is 23.4 Å². The highest BCUT2D eigenvalue weighted by atomic mass is 35.5. The molecule has 0 spiro atoms. The summed E-state index contributed by atoms with van der Waals surface area (Å²) in [4.78, 5) is 15.8. The van der Waals surface area contributed by atoms with E-state index >= 15 is 0 Å². The fourth-order valence-corrected chi connectivity index (χ4v) is 1.69. The molecule has 2 rings (SSSR count). The lowest BCUT2D eigenvalue weighted by atomic mass is 10.2. The molecule has 6 nitrogen and oxygen atoms in total. The van der Waals surface area contributed by atoms with Gasteiger partial charge in [0.25, 0.3) is 6.20 Å².